The molecule has 0 saturated carbocycles. The zero-order chi connectivity index (χ0) is 19.4. The van der Waals surface area contributed by atoms with Crippen LogP contribution in [-0.4, -0.2) is 16.9 Å². The van der Waals surface area contributed by atoms with E-state index in [9.17, 15) is 18.0 Å². The Morgan fingerprint density at radius 3 is 2.56 bits per heavy atom. The summed E-state index contributed by atoms with van der Waals surface area (Å²) < 4.78 is 38.6. The van der Waals surface area contributed by atoms with Crippen LogP contribution in [0.2, 0.25) is 0 Å². The summed E-state index contributed by atoms with van der Waals surface area (Å²) in [7, 11) is 0. The summed E-state index contributed by atoms with van der Waals surface area (Å²) in [5, 5.41) is 2.91. The Hall–Kier alpha value is -2.93. The molecule has 0 fully saturated rings. The van der Waals surface area contributed by atoms with E-state index in [1.165, 1.54) is 18.3 Å². The molecule has 0 saturated heterocycles. The zero-order valence-electron chi connectivity index (χ0n) is 14.3. The number of fused-ring (bicyclic) bond motifs is 1. The Balaban J connectivity index is 1.68. The van der Waals surface area contributed by atoms with E-state index in [0.717, 1.165) is 17.7 Å². The number of pyridine rings is 1. The van der Waals surface area contributed by atoms with Gasteiger partial charge in [-0.15, -0.1) is 0 Å². The van der Waals surface area contributed by atoms with E-state index in [1.54, 1.807) is 0 Å². The van der Waals surface area contributed by atoms with Gasteiger partial charge in [0.05, 0.1) is 29.0 Å². The summed E-state index contributed by atoms with van der Waals surface area (Å²) in [6.45, 7) is 0. The van der Waals surface area contributed by atoms with Gasteiger partial charge in [0.25, 0.3) is 0 Å². The smallest absolute Gasteiger partial charge is 0.323 e. The number of hydrogen-bond donors (Lipinski definition) is 2. The molecule has 3 rings (SSSR count). The number of alkyl halides is 3. The van der Waals surface area contributed by atoms with Crippen molar-refractivity contribution in [1.29, 1.82) is 0 Å². The van der Waals surface area contributed by atoms with Gasteiger partial charge in [0.15, 0.2) is 0 Å². The van der Waals surface area contributed by atoms with Crippen LogP contribution in [0.25, 0.3) is 10.9 Å². The lowest BCUT2D eigenvalue weighted by Gasteiger charge is -2.13. The highest BCUT2D eigenvalue weighted by Crippen LogP contribution is 2.31. The van der Waals surface area contributed by atoms with Crippen molar-refractivity contribution in [3.05, 3.63) is 71.9 Å². The third kappa shape index (κ3) is 4.83. The van der Waals surface area contributed by atoms with Crippen molar-refractivity contribution >= 4 is 22.5 Å². The van der Waals surface area contributed by atoms with E-state index >= 15 is 0 Å². The number of carbonyl (C=O) groups is 1. The Labute approximate surface area is 154 Å². The summed E-state index contributed by atoms with van der Waals surface area (Å²) in [6.07, 6.45) is -1.93. The second-order valence-corrected chi connectivity index (χ2v) is 6.25. The Morgan fingerprint density at radius 2 is 1.85 bits per heavy atom. The van der Waals surface area contributed by atoms with Crippen LogP contribution in [0.3, 0.4) is 0 Å². The predicted molar refractivity (Wildman–Crippen MR) is 98.1 cm³/mol. The lowest BCUT2D eigenvalue weighted by atomic mass is 10.1. The maximum absolute atomic E-state index is 12.9. The number of hydrogen-bond acceptors (Lipinski definition) is 3. The molecule has 1 aromatic heterocycles. The van der Waals surface area contributed by atoms with Gasteiger partial charge in [-0.3, -0.25) is 9.78 Å². The Morgan fingerprint density at radius 1 is 1.11 bits per heavy atom. The van der Waals surface area contributed by atoms with Gasteiger partial charge in [-0.05, 0) is 42.7 Å². The molecule has 0 radical (unpaired) electrons. The van der Waals surface area contributed by atoms with Crippen molar-refractivity contribution in [2.24, 2.45) is 5.73 Å². The van der Waals surface area contributed by atoms with Crippen molar-refractivity contribution in [3.63, 3.8) is 0 Å². The average Bonchev–Trinajstić information content (AvgIpc) is 2.65. The molecular weight excluding hydrogens is 355 g/mol. The number of nitrogens with two attached hydrogens (primary N) is 1. The van der Waals surface area contributed by atoms with Crippen molar-refractivity contribution in [2.75, 3.05) is 5.32 Å². The first-order chi connectivity index (χ1) is 12.8. The highest BCUT2D eigenvalue weighted by molar-refractivity contribution is 5.96. The predicted octanol–water partition coefficient (Wildman–Crippen LogP) is 4.15. The van der Waals surface area contributed by atoms with Crippen LogP contribution in [0, 0.1) is 0 Å². The van der Waals surface area contributed by atoms with Gasteiger partial charge >= 0.3 is 6.18 Å². The first kappa shape index (κ1) is 18.8. The van der Waals surface area contributed by atoms with E-state index in [1.807, 2.05) is 30.3 Å². The minimum Gasteiger partial charge on any atom is -0.323 e. The van der Waals surface area contributed by atoms with E-state index in [-0.39, 0.29) is 0 Å². The summed E-state index contributed by atoms with van der Waals surface area (Å²) in [6, 6.07) is 13.7. The highest BCUT2D eigenvalue weighted by Gasteiger charge is 2.30. The molecule has 0 aliphatic carbocycles. The molecular formula is C20H18F3N3O. The van der Waals surface area contributed by atoms with Gasteiger partial charge in [0, 0.05) is 5.39 Å². The molecule has 0 spiro atoms. The van der Waals surface area contributed by atoms with E-state index in [0.29, 0.717) is 29.4 Å². The number of nitrogens with zero attached hydrogens (tertiary/aromatic N) is 1. The molecule has 0 aliphatic heterocycles. The lowest BCUT2D eigenvalue weighted by Crippen LogP contribution is -2.36. The van der Waals surface area contributed by atoms with Crippen molar-refractivity contribution in [1.82, 2.24) is 4.98 Å². The third-order valence-electron chi connectivity index (χ3n) is 4.20. The number of aromatic nitrogens is 1. The third-order valence-corrected chi connectivity index (χ3v) is 4.20. The molecule has 0 bridgehead atoms. The molecule has 3 aromatic rings. The molecule has 1 heterocycles. The van der Waals surface area contributed by atoms with E-state index in [2.05, 4.69) is 10.3 Å². The normalized spacial score (nSPS) is 12.7. The van der Waals surface area contributed by atoms with Crippen LogP contribution < -0.4 is 11.1 Å². The number of carbonyl (C=O) groups excluding carboxylic acids is 1. The summed E-state index contributed by atoms with van der Waals surface area (Å²) in [5.41, 5.74) is 6.96. The minimum absolute atomic E-state index is 0.292. The number of benzene rings is 2. The molecule has 0 aliphatic rings. The van der Waals surface area contributed by atoms with Gasteiger partial charge in [-0.1, -0.05) is 30.3 Å². The number of anilines is 1. The standard InChI is InChI=1S/C20H18F3N3O/c21-20(22,23)15-7-9-18-14(10-15)11-16(12-25-18)26-19(27)17(24)8-6-13-4-2-1-3-5-13/h1-5,7,9-12,17H,6,8,24H2,(H,26,27)/t17-/m1/s1. The second-order valence-electron chi connectivity index (χ2n) is 6.25. The summed E-state index contributed by atoms with van der Waals surface area (Å²) in [4.78, 5) is 16.3. The number of nitrogens with one attached hydrogen (secondary N) is 1. The van der Waals surface area contributed by atoms with Crippen molar-refractivity contribution in [3.8, 4) is 0 Å². The summed E-state index contributed by atoms with van der Waals surface area (Å²) >= 11 is 0. The van der Waals surface area contributed by atoms with Crippen molar-refractivity contribution in [2.45, 2.75) is 25.1 Å². The van der Waals surface area contributed by atoms with Crippen LogP contribution in [-0.2, 0) is 17.4 Å². The van der Waals surface area contributed by atoms with Gasteiger partial charge in [0.2, 0.25) is 5.91 Å². The molecule has 27 heavy (non-hydrogen) atoms. The average molecular weight is 373 g/mol. The monoisotopic (exact) mass is 373 g/mol. The second kappa shape index (κ2) is 7.75. The van der Waals surface area contributed by atoms with Crippen LogP contribution in [0.15, 0.2) is 60.8 Å². The molecule has 7 heteroatoms. The maximum atomic E-state index is 12.9. The van der Waals surface area contributed by atoms with Gasteiger partial charge in [-0.25, -0.2) is 0 Å². The van der Waals surface area contributed by atoms with Gasteiger partial charge in [-0.2, -0.15) is 13.2 Å². The van der Waals surface area contributed by atoms with E-state index < -0.39 is 23.7 Å². The van der Waals surface area contributed by atoms with Crippen LogP contribution in [0.5, 0.6) is 0 Å². The van der Waals surface area contributed by atoms with Crippen LogP contribution in [0.4, 0.5) is 18.9 Å². The molecule has 3 N–H and O–H groups in total. The SMILES string of the molecule is N[C@H](CCc1ccccc1)C(=O)Nc1cnc2ccc(C(F)(F)F)cc2c1. The molecule has 1 atom stereocenters. The number of amides is 1. The molecule has 2 aromatic carbocycles. The fraction of sp³-hybridized carbons (Fsp3) is 0.200. The molecule has 0 unspecified atom stereocenters. The molecule has 140 valence electrons. The Bertz CT molecular complexity index is 942. The maximum Gasteiger partial charge on any atom is 0.416 e. The molecule has 4 nitrogen and oxygen atoms in total. The fourth-order valence-corrected chi connectivity index (χ4v) is 2.71. The summed E-state index contributed by atoms with van der Waals surface area (Å²) in [5.74, 6) is -0.404. The zero-order valence-corrected chi connectivity index (χ0v) is 14.3. The highest BCUT2D eigenvalue weighted by atomic mass is 19.4. The largest absolute Gasteiger partial charge is 0.416 e. The van der Waals surface area contributed by atoms with E-state index in [4.69, 9.17) is 5.73 Å². The number of aryl methyl sites for hydroxylation is 1. The Kier molecular flexibility index (Phi) is 5.41. The number of halogens is 3. The van der Waals surface area contributed by atoms with Crippen LogP contribution >= 0.6 is 0 Å². The minimum atomic E-state index is -4.44. The van der Waals surface area contributed by atoms with Gasteiger partial charge in [0.1, 0.15) is 0 Å². The van der Waals surface area contributed by atoms with Crippen molar-refractivity contribution < 1.29 is 18.0 Å². The fourth-order valence-electron chi connectivity index (χ4n) is 2.71. The first-order valence-corrected chi connectivity index (χ1v) is 8.40. The van der Waals surface area contributed by atoms with Gasteiger partial charge < -0.3 is 11.1 Å². The molecule has 1 amide bonds. The lowest BCUT2D eigenvalue weighted by molar-refractivity contribution is -0.137. The number of rotatable bonds is 5. The first-order valence-electron chi connectivity index (χ1n) is 8.40. The quantitative estimate of drug-likeness (QED) is 0.706. The van der Waals surface area contributed by atoms with Crippen LogP contribution in [0.1, 0.15) is 17.5 Å². The topological polar surface area (TPSA) is 68.0 Å².